The van der Waals surface area contributed by atoms with Crippen LogP contribution in [0.15, 0.2) is 24.3 Å². The number of nitrogens with zero attached hydrogens (tertiary/aromatic N) is 2. The molecule has 118 valence electrons. The van der Waals surface area contributed by atoms with E-state index >= 15 is 0 Å². The number of carbonyl (C=O) groups excluding carboxylic acids is 1. The maximum atomic E-state index is 13.2. The number of piperidine rings is 1. The van der Waals surface area contributed by atoms with Crippen LogP contribution in [0.2, 0.25) is 0 Å². The number of hydrogen-bond acceptors (Lipinski definition) is 3. The molecule has 1 N–H and O–H groups in total. The van der Waals surface area contributed by atoms with E-state index in [1.165, 1.54) is 12.1 Å². The zero-order valence-electron chi connectivity index (χ0n) is 12.9. The van der Waals surface area contributed by atoms with Crippen molar-refractivity contribution in [3.8, 4) is 6.07 Å². The Kier molecular flexibility index (Phi) is 5.91. The summed E-state index contributed by atoms with van der Waals surface area (Å²) >= 11 is 0. The topological polar surface area (TPSA) is 56.1 Å². The molecule has 0 spiro atoms. The average molecular weight is 303 g/mol. The largest absolute Gasteiger partial charge is 0.340 e. The van der Waals surface area contributed by atoms with Crippen LogP contribution in [0, 0.1) is 23.1 Å². The zero-order chi connectivity index (χ0) is 15.9. The summed E-state index contributed by atoms with van der Waals surface area (Å²) in [6, 6.07) is 8.25. The van der Waals surface area contributed by atoms with Gasteiger partial charge in [0, 0.05) is 13.1 Å². The highest BCUT2D eigenvalue weighted by atomic mass is 19.1. The SMILES string of the molecule is CC[C@@H](C#N)NC(=O)[C@H]1CCCN(Cc2cccc(F)c2)C1. The lowest BCUT2D eigenvalue weighted by Gasteiger charge is -2.32. The van der Waals surface area contributed by atoms with Gasteiger partial charge in [-0.25, -0.2) is 4.39 Å². The first-order valence-electron chi connectivity index (χ1n) is 7.79. The Bertz CT molecular complexity index is 555. The van der Waals surface area contributed by atoms with E-state index in [0.717, 1.165) is 24.9 Å². The summed E-state index contributed by atoms with van der Waals surface area (Å²) in [7, 11) is 0. The number of nitrogens with one attached hydrogen (secondary N) is 1. The minimum Gasteiger partial charge on any atom is -0.340 e. The van der Waals surface area contributed by atoms with Gasteiger partial charge >= 0.3 is 0 Å². The maximum absolute atomic E-state index is 13.2. The van der Waals surface area contributed by atoms with Crippen molar-refractivity contribution in [2.24, 2.45) is 5.92 Å². The Labute approximate surface area is 130 Å². The summed E-state index contributed by atoms with van der Waals surface area (Å²) in [6.45, 7) is 4.10. The van der Waals surface area contributed by atoms with E-state index in [0.29, 0.717) is 19.5 Å². The first-order valence-corrected chi connectivity index (χ1v) is 7.79. The van der Waals surface area contributed by atoms with Crippen molar-refractivity contribution >= 4 is 5.91 Å². The Morgan fingerprint density at radius 3 is 3.09 bits per heavy atom. The molecule has 1 heterocycles. The van der Waals surface area contributed by atoms with Gasteiger partial charge in [-0.1, -0.05) is 19.1 Å². The first kappa shape index (κ1) is 16.4. The maximum Gasteiger partial charge on any atom is 0.225 e. The highest BCUT2D eigenvalue weighted by Gasteiger charge is 2.26. The molecular formula is C17H22FN3O. The van der Waals surface area contributed by atoms with Crippen molar-refractivity contribution in [2.45, 2.75) is 38.8 Å². The van der Waals surface area contributed by atoms with Crippen molar-refractivity contribution < 1.29 is 9.18 Å². The second kappa shape index (κ2) is 7.90. The molecule has 1 amide bonds. The normalized spacial score (nSPS) is 20.1. The molecular weight excluding hydrogens is 281 g/mol. The number of halogens is 1. The number of nitriles is 1. The molecule has 0 aromatic heterocycles. The lowest BCUT2D eigenvalue weighted by atomic mass is 9.96. The molecule has 1 aliphatic heterocycles. The van der Waals surface area contributed by atoms with Crippen LogP contribution in [0.5, 0.6) is 0 Å². The summed E-state index contributed by atoms with van der Waals surface area (Å²) in [5.41, 5.74) is 0.921. The first-order chi connectivity index (χ1) is 10.6. The molecule has 4 nitrogen and oxygen atoms in total. The minimum absolute atomic E-state index is 0.0441. The minimum atomic E-state index is -0.411. The van der Waals surface area contributed by atoms with Crippen molar-refractivity contribution in [2.75, 3.05) is 13.1 Å². The number of amides is 1. The van der Waals surface area contributed by atoms with E-state index in [1.807, 2.05) is 13.0 Å². The third kappa shape index (κ3) is 4.54. The van der Waals surface area contributed by atoms with Crippen LogP contribution in [-0.2, 0) is 11.3 Å². The van der Waals surface area contributed by atoms with Crippen LogP contribution < -0.4 is 5.32 Å². The molecule has 1 fully saturated rings. The zero-order valence-corrected chi connectivity index (χ0v) is 12.9. The molecule has 1 saturated heterocycles. The summed E-state index contributed by atoms with van der Waals surface area (Å²) in [6.07, 6.45) is 2.39. The summed E-state index contributed by atoms with van der Waals surface area (Å²) in [5, 5.41) is 11.7. The number of likely N-dealkylation sites (tertiary alicyclic amines) is 1. The second-order valence-corrected chi connectivity index (χ2v) is 5.80. The molecule has 0 aliphatic carbocycles. The molecule has 1 aromatic carbocycles. The van der Waals surface area contributed by atoms with Gasteiger partial charge < -0.3 is 5.32 Å². The van der Waals surface area contributed by atoms with Gasteiger partial charge in [0.15, 0.2) is 0 Å². The van der Waals surface area contributed by atoms with Crippen LogP contribution in [0.4, 0.5) is 4.39 Å². The summed E-state index contributed by atoms with van der Waals surface area (Å²) in [4.78, 5) is 14.4. The molecule has 0 unspecified atom stereocenters. The number of rotatable bonds is 5. The van der Waals surface area contributed by atoms with Gasteiger partial charge in [0.2, 0.25) is 5.91 Å². The van der Waals surface area contributed by atoms with E-state index in [2.05, 4.69) is 16.3 Å². The standard InChI is InChI=1S/C17H22FN3O/c1-2-16(10-19)20-17(22)14-6-4-8-21(12-14)11-13-5-3-7-15(18)9-13/h3,5,7,9,14,16H,2,4,6,8,11-12H2,1H3,(H,20,22)/t14-,16-/m0/s1. The second-order valence-electron chi connectivity index (χ2n) is 5.80. The van der Waals surface area contributed by atoms with Crippen LogP contribution in [-0.4, -0.2) is 29.9 Å². The molecule has 5 heteroatoms. The van der Waals surface area contributed by atoms with Gasteiger partial charge in [-0.15, -0.1) is 0 Å². The average Bonchev–Trinajstić information content (AvgIpc) is 2.52. The molecule has 1 aliphatic rings. The van der Waals surface area contributed by atoms with Crippen LogP contribution in [0.3, 0.4) is 0 Å². The lowest BCUT2D eigenvalue weighted by Crippen LogP contribution is -2.45. The van der Waals surface area contributed by atoms with Crippen LogP contribution in [0.25, 0.3) is 0 Å². The van der Waals surface area contributed by atoms with Gasteiger partial charge in [0.25, 0.3) is 0 Å². The predicted octanol–water partition coefficient (Wildman–Crippen LogP) is 2.46. The van der Waals surface area contributed by atoms with Crippen molar-refractivity contribution in [1.29, 1.82) is 5.26 Å². The molecule has 0 radical (unpaired) electrons. The third-order valence-corrected chi connectivity index (χ3v) is 4.05. The fraction of sp³-hybridized carbons (Fsp3) is 0.529. The van der Waals surface area contributed by atoms with Gasteiger partial charge in [-0.2, -0.15) is 5.26 Å². The van der Waals surface area contributed by atoms with Crippen molar-refractivity contribution in [1.82, 2.24) is 10.2 Å². The summed E-state index contributed by atoms with van der Waals surface area (Å²) in [5.74, 6) is -0.370. The van der Waals surface area contributed by atoms with E-state index in [-0.39, 0.29) is 17.6 Å². The molecule has 1 aromatic rings. The smallest absolute Gasteiger partial charge is 0.225 e. The van der Waals surface area contributed by atoms with Crippen LogP contribution >= 0.6 is 0 Å². The third-order valence-electron chi connectivity index (χ3n) is 4.05. The Morgan fingerprint density at radius 1 is 1.59 bits per heavy atom. The van der Waals surface area contributed by atoms with Gasteiger partial charge in [0.05, 0.1) is 12.0 Å². The van der Waals surface area contributed by atoms with Crippen molar-refractivity contribution in [3.63, 3.8) is 0 Å². The van der Waals surface area contributed by atoms with Crippen LogP contribution in [0.1, 0.15) is 31.7 Å². The van der Waals surface area contributed by atoms with E-state index in [9.17, 15) is 9.18 Å². The fourth-order valence-electron chi connectivity index (χ4n) is 2.82. The Hall–Kier alpha value is -1.93. The van der Waals surface area contributed by atoms with Gasteiger partial charge in [-0.3, -0.25) is 9.69 Å². The molecule has 2 rings (SSSR count). The van der Waals surface area contributed by atoms with E-state index in [4.69, 9.17) is 5.26 Å². The monoisotopic (exact) mass is 303 g/mol. The highest BCUT2D eigenvalue weighted by molar-refractivity contribution is 5.79. The fourth-order valence-corrected chi connectivity index (χ4v) is 2.82. The number of carbonyl (C=O) groups is 1. The molecule has 2 atom stereocenters. The highest BCUT2D eigenvalue weighted by Crippen LogP contribution is 2.19. The number of hydrogen-bond donors (Lipinski definition) is 1. The van der Waals surface area contributed by atoms with Crippen molar-refractivity contribution in [3.05, 3.63) is 35.6 Å². The van der Waals surface area contributed by atoms with E-state index in [1.54, 1.807) is 6.07 Å². The van der Waals surface area contributed by atoms with Gasteiger partial charge in [-0.05, 0) is 43.5 Å². The molecule has 0 bridgehead atoms. The van der Waals surface area contributed by atoms with Gasteiger partial charge in [0.1, 0.15) is 11.9 Å². The number of benzene rings is 1. The Morgan fingerprint density at radius 2 is 2.41 bits per heavy atom. The predicted molar refractivity (Wildman–Crippen MR) is 82.2 cm³/mol. The lowest BCUT2D eigenvalue weighted by molar-refractivity contribution is -0.127. The quantitative estimate of drug-likeness (QED) is 0.909. The summed E-state index contributed by atoms with van der Waals surface area (Å²) < 4.78 is 13.2. The molecule has 22 heavy (non-hydrogen) atoms. The van der Waals surface area contributed by atoms with E-state index < -0.39 is 6.04 Å². The molecule has 0 saturated carbocycles. The Balaban J connectivity index is 1.91.